The van der Waals surface area contributed by atoms with Gasteiger partial charge in [0.2, 0.25) is 11.8 Å². The summed E-state index contributed by atoms with van der Waals surface area (Å²) in [4.78, 5) is 28.4. The van der Waals surface area contributed by atoms with E-state index in [1.54, 1.807) is 19.0 Å². The van der Waals surface area contributed by atoms with Crippen LogP contribution in [0.5, 0.6) is 0 Å². The molecule has 28 heavy (non-hydrogen) atoms. The number of amides is 2. The van der Waals surface area contributed by atoms with Crippen LogP contribution in [-0.2, 0) is 9.59 Å². The number of nitrogens with one attached hydrogen (secondary N) is 1. The molecule has 0 aromatic heterocycles. The third-order valence-electron chi connectivity index (χ3n) is 5.33. The second kappa shape index (κ2) is 9.02. The van der Waals surface area contributed by atoms with Crippen LogP contribution in [0.3, 0.4) is 0 Å². The number of carbonyl (C=O) groups is 2. The Kier molecular flexibility index (Phi) is 6.47. The first kappa shape index (κ1) is 20.1. The first-order chi connectivity index (χ1) is 13.5. The quantitative estimate of drug-likeness (QED) is 0.839. The lowest BCUT2D eigenvalue weighted by molar-refractivity contribution is -0.134. The van der Waals surface area contributed by atoms with Crippen molar-refractivity contribution in [3.63, 3.8) is 0 Å². The molecule has 0 bridgehead atoms. The molecule has 2 unspecified atom stereocenters. The van der Waals surface area contributed by atoms with Crippen LogP contribution >= 0.6 is 0 Å². The van der Waals surface area contributed by atoms with Crippen LogP contribution in [0.15, 0.2) is 54.6 Å². The summed E-state index contributed by atoms with van der Waals surface area (Å²) in [5.74, 6) is 0.0351. The molecule has 0 aliphatic carbocycles. The van der Waals surface area contributed by atoms with E-state index < -0.39 is 0 Å². The van der Waals surface area contributed by atoms with Crippen molar-refractivity contribution >= 4 is 11.8 Å². The summed E-state index contributed by atoms with van der Waals surface area (Å²) in [5.41, 5.74) is 3.40. The van der Waals surface area contributed by atoms with Gasteiger partial charge in [-0.25, -0.2) is 0 Å². The zero-order valence-electron chi connectivity index (χ0n) is 16.9. The summed E-state index contributed by atoms with van der Waals surface area (Å²) < 4.78 is 0. The molecule has 148 valence electrons. The molecule has 1 fully saturated rings. The molecule has 1 N–H and O–H groups in total. The van der Waals surface area contributed by atoms with Gasteiger partial charge in [0, 0.05) is 14.1 Å². The lowest BCUT2D eigenvalue weighted by Gasteiger charge is -2.26. The molecule has 5 nitrogen and oxygen atoms in total. The minimum atomic E-state index is -0.179. The van der Waals surface area contributed by atoms with Crippen LogP contribution in [0, 0.1) is 0 Å². The minimum Gasteiger partial charge on any atom is -0.348 e. The molecule has 1 saturated heterocycles. The predicted molar refractivity (Wildman–Crippen MR) is 112 cm³/mol. The summed E-state index contributed by atoms with van der Waals surface area (Å²) >= 11 is 0. The third kappa shape index (κ3) is 4.78. The zero-order chi connectivity index (χ0) is 20.1. The molecule has 0 radical (unpaired) electrons. The SMILES string of the molecule is CC(NC(=O)CN1CCCC1C(=O)N(C)C)c1ccc(-c2ccccc2)cc1. The van der Waals surface area contributed by atoms with E-state index in [2.05, 4.69) is 41.7 Å². The number of likely N-dealkylation sites (N-methyl/N-ethyl adjacent to an activating group) is 1. The number of likely N-dealkylation sites (tertiary alicyclic amines) is 1. The molecule has 1 aliphatic rings. The van der Waals surface area contributed by atoms with E-state index in [1.807, 2.05) is 30.0 Å². The van der Waals surface area contributed by atoms with Gasteiger partial charge in [-0.05, 0) is 43.0 Å². The molecular weight excluding hydrogens is 350 g/mol. The van der Waals surface area contributed by atoms with Gasteiger partial charge in [0.05, 0.1) is 18.6 Å². The van der Waals surface area contributed by atoms with Crippen molar-refractivity contribution in [1.82, 2.24) is 15.1 Å². The van der Waals surface area contributed by atoms with Crippen molar-refractivity contribution in [2.45, 2.75) is 31.8 Å². The predicted octanol–water partition coefficient (Wildman–Crippen LogP) is 3.08. The van der Waals surface area contributed by atoms with Gasteiger partial charge in [-0.3, -0.25) is 14.5 Å². The van der Waals surface area contributed by atoms with E-state index in [4.69, 9.17) is 0 Å². The lowest BCUT2D eigenvalue weighted by atomic mass is 10.0. The third-order valence-corrected chi connectivity index (χ3v) is 5.33. The van der Waals surface area contributed by atoms with E-state index in [0.29, 0.717) is 0 Å². The van der Waals surface area contributed by atoms with E-state index in [1.165, 1.54) is 5.56 Å². The minimum absolute atomic E-state index is 0.0434. The van der Waals surface area contributed by atoms with Crippen molar-refractivity contribution in [3.8, 4) is 11.1 Å². The number of hydrogen-bond donors (Lipinski definition) is 1. The Labute approximate surface area is 167 Å². The van der Waals surface area contributed by atoms with Crippen LogP contribution < -0.4 is 5.32 Å². The standard InChI is InChI=1S/C23H29N3O2/c1-17(18-11-13-20(14-12-18)19-8-5-4-6-9-19)24-22(27)16-26-15-7-10-21(26)23(28)25(2)3/h4-6,8-9,11-14,17,21H,7,10,15-16H2,1-3H3,(H,24,27). The maximum absolute atomic E-state index is 12.5. The lowest BCUT2D eigenvalue weighted by Crippen LogP contribution is -2.46. The Balaban J connectivity index is 1.57. The monoisotopic (exact) mass is 379 g/mol. The summed E-state index contributed by atoms with van der Waals surface area (Å²) in [7, 11) is 3.53. The molecule has 1 heterocycles. The smallest absolute Gasteiger partial charge is 0.239 e. The number of hydrogen-bond acceptors (Lipinski definition) is 3. The first-order valence-corrected chi connectivity index (χ1v) is 9.85. The van der Waals surface area contributed by atoms with Gasteiger partial charge in [0.25, 0.3) is 0 Å². The van der Waals surface area contributed by atoms with Crippen LogP contribution in [-0.4, -0.2) is 54.8 Å². The summed E-state index contributed by atoms with van der Waals surface area (Å²) in [6.07, 6.45) is 1.77. The largest absolute Gasteiger partial charge is 0.348 e. The summed E-state index contributed by atoms with van der Waals surface area (Å²) in [6.45, 7) is 3.04. The molecule has 2 aromatic carbocycles. The fourth-order valence-corrected chi connectivity index (χ4v) is 3.74. The fourth-order valence-electron chi connectivity index (χ4n) is 3.74. The van der Waals surface area contributed by atoms with Crippen LogP contribution in [0.1, 0.15) is 31.4 Å². The molecule has 5 heteroatoms. The van der Waals surface area contributed by atoms with Gasteiger partial charge in [0.15, 0.2) is 0 Å². The van der Waals surface area contributed by atoms with Gasteiger partial charge < -0.3 is 10.2 Å². The Morgan fingerprint density at radius 2 is 1.71 bits per heavy atom. The van der Waals surface area contributed by atoms with Gasteiger partial charge in [-0.2, -0.15) is 0 Å². The second-order valence-corrected chi connectivity index (χ2v) is 7.64. The number of rotatable bonds is 6. The van der Waals surface area contributed by atoms with Crippen molar-refractivity contribution in [2.75, 3.05) is 27.2 Å². The summed E-state index contributed by atoms with van der Waals surface area (Å²) in [5, 5.41) is 3.07. The first-order valence-electron chi connectivity index (χ1n) is 9.85. The average Bonchev–Trinajstić information content (AvgIpc) is 3.15. The molecule has 2 amide bonds. The Morgan fingerprint density at radius 1 is 1.07 bits per heavy atom. The van der Waals surface area contributed by atoms with E-state index in [0.717, 1.165) is 30.5 Å². The van der Waals surface area contributed by atoms with E-state index in [9.17, 15) is 9.59 Å². The van der Waals surface area contributed by atoms with Gasteiger partial charge in [0.1, 0.15) is 0 Å². The number of benzene rings is 2. The number of carbonyl (C=O) groups excluding carboxylic acids is 2. The molecular formula is C23H29N3O2. The van der Waals surface area contributed by atoms with Crippen molar-refractivity contribution < 1.29 is 9.59 Å². The maximum atomic E-state index is 12.5. The number of nitrogens with zero attached hydrogens (tertiary/aromatic N) is 2. The van der Waals surface area contributed by atoms with Gasteiger partial charge in [-0.15, -0.1) is 0 Å². The zero-order valence-corrected chi connectivity index (χ0v) is 16.9. The normalized spacial score (nSPS) is 17.9. The van der Waals surface area contributed by atoms with E-state index >= 15 is 0 Å². The molecule has 1 aliphatic heterocycles. The van der Waals surface area contributed by atoms with Crippen LogP contribution in [0.4, 0.5) is 0 Å². The molecule has 3 rings (SSSR count). The molecule has 2 atom stereocenters. The van der Waals surface area contributed by atoms with Crippen molar-refractivity contribution in [2.24, 2.45) is 0 Å². The van der Waals surface area contributed by atoms with Crippen molar-refractivity contribution in [3.05, 3.63) is 60.2 Å². The maximum Gasteiger partial charge on any atom is 0.239 e. The average molecular weight is 380 g/mol. The highest BCUT2D eigenvalue weighted by Crippen LogP contribution is 2.22. The van der Waals surface area contributed by atoms with Crippen LogP contribution in [0.2, 0.25) is 0 Å². The van der Waals surface area contributed by atoms with Gasteiger partial charge in [-0.1, -0.05) is 54.6 Å². The van der Waals surface area contributed by atoms with Crippen LogP contribution in [0.25, 0.3) is 11.1 Å². The highest BCUT2D eigenvalue weighted by molar-refractivity contribution is 5.84. The second-order valence-electron chi connectivity index (χ2n) is 7.64. The highest BCUT2D eigenvalue weighted by atomic mass is 16.2. The molecule has 0 spiro atoms. The Bertz CT molecular complexity index is 802. The van der Waals surface area contributed by atoms with E-state index in [-0.39, 0.29) is 30.4 Å². The fraction of sp³-hybridized carbons (Fsp3) is 0.391. The topological polar surface area (TPSA) is 52.7 Å². The highest BCUT2D eigenvalue weighted by Gasteiger charge is 2.32. The van der Waals surface area contributed by atoms with Gasteiger partial charge >= 0.3 is 0 Å². The molecule has 0 saturated carbocycles. The Morgan fingerprint density at radius 3 is 2.36 bits per heavy atom. The molecule has 2 aromatic rings. The van der Waals surface area contributed by atoms with Crippen molar-refractivity contribution in [1.29, 1.82) is 0 Å². The summed E-state index contributed by atoms with van der Waals surface area (Å²) in [6, 6.07) is 18.2. The Hall–Kier alpha value is -2.66.